The van der Waals surface area contributed by atoms with Crippen LogP contribution in [0.4, 0.5) is 4.39 Å². The zero-order chi connectivity index (χ0) is 18.5. The number of aromatic hydroxyl groups is 1. The van der Waals surface area contributed by atoms with Crippen LogP contribution in [0.2, 0.25) is 0 Å². The summed E-state index contributed by atoms with van der Waals surface area (Å²) in [7, 11) is 1.63. The van der Waals surface area contributed by atoms with Gasteiger partial charge >= 0.3 is 5.69 Å². The Balaban J connectivity index is 1.63. The van der Waals surface area contributed by atoms with Gasteiger partial charge in [0, 0.05) is 0 Å². The Morgan fingerprint density at radius 1 is 1.04 bits per heavy atom. The van der Waals surface area contributed by atoms with Gasteiger partial charge in [0.05, 0.1) is 19.3 Å². The van der Waals surface area contributed by atoms with Gasteiger partial charge in [0.15, 0.2) is 0 Å². The third-order valence-electron chi connectivity index (χ3n) is 4.33. The number of rotatable bonds is 7. The molecule has 3 rings (SSSR count). The first-order valence-electron chi connectivity index (χ1n) is 8.45. The number of aromatic amines is 1. The van der Waals surface area contributed by atoms with Crippen molar-refractivity contribution in [2.75, 3.05) is 7.11 Å². The molecule has 0 unspecified atom stereocenters. The summed E-state index contributed by atoms with van der Waals surface area (Å²) < 4.78 is 19.4. The van der Waals surface area contributed by atoms with Gasteiger partial charge in [-0.1, -0.05) is 24.3 Å². The molecule has 6 heteroatoms. The number of hydrogen-bond acceptors (Lipinski definition) is 3. The van der Waals surface area contributed by atoms with E-state index >= 15 is 0 Å². The highest BCUT2D eigenvalue weighted by Crippen LogP contribution is 2.18. The summed E-state index contributed by atoms with van der Waals surface area (Å²) in [6, 6.07) is 13.7. The second-order valence-corrected chi connectivity index (χ2v) is 6.15. The van der Waals surface area contributed by atoms with E-state index in [1.165, 1.54) is 22.3 Å². The lowest BCUT2D eigenvalue weighted by atomic mass is 10.1. The largest absolute Gasteiger partial charge is 0.497 e. The standard InChI is InChI=1S/C20H21FN2O3/c1-26-17-11-7-14(8-12-17)3-2-4-18-19(24)23(20(25)22-18)13-15-5-9-16(21)10-6-15/h5-12,24H,2-4,13H2,1H3,(H,22,25). The molecule has 0 saturated heterocycles. The second kappa shape index (κ2) is 7.91. The SMILES string of the molecule is COc1ccc(CCCc2[nH]c(=O)n(Cc3ccc(F)cc3)c2O)cc1. The third kappa shape index (κ3) is 4.14. The number of ether oxygens (including phenoxy) is 1. The number of benzene rings is 2. The van der Waals surface area contributed by atoms with Crippen molar-refractivity contribution in [1.29, 1.82) is 0 Å². The van der Waals surface area contributed by atoms with Crippen LogP contribution in [0.15, 0.2) is 53.3 Å². The van der Waals surface area contributed by atoms with Gasteiger partial charge in [-0.3, -0.25) is 4.57 Å². The lowest BCUT2D eigenvalue weighted by Crippen LogP contribution is -2.17. The maximum Gasteiger partial charge on any atom is 0.328 e. The van der Waals surface area contributed by atoms with E-state index in [0.29, 0.717) is 12.1 Å². The number of methoxy groups -OCH3 is 1. The van der Waals surface area contributed by atoms with Gasteiger partial charge < -0.3 is 14.8 Å². The number of aromatic nitrogens is 2. The summed E-state index contributed by atoms with van der Waals surface area (Å²) >= 11 is 0. The number of hydrogen-bond donors (Lipinski definition) is 2. The molecule has 0 amide bonds. The Kier molecular flexibility index (Phi) is 5.41. The molecule has 1 aromatic heterocycles. The van der Waals surface area contributed by atoms with Crippen LogP contribution in [0.1, 0.15) is 23.2 Å². The van der Waals surface area contributed by atoms with Crippen LogP contribution in [0.3, 0.4) is 0 Å². The van der Waals surface area contributed by atoms with Crippen LogP contribution in [0.5, 0.6) is 11.6 Å². The zero-order valence-electron chi connectivity index (χ0n) is 14.5. The average Bonchev–Trinajstić information content (AvgIpc) is 2.92. The van der Waals surface area contributed by atoms with Crippen LogP contribution in [0, 0.1) is 5.82 Å². The number of imidazole rings is 1. The van der Waals surface area contributed by atoms with Crippen molar-refractivity contribution in [2.45, 2.75) is 25.8 Å². The Labute approximate surface area is 150 Å². The lowest BCUT2D eigenvalue weighted by Gasteiger charge is -2.05. The fraction of sp³-hybridized carbons (Fsp3) is 0.250. The fourth-order valence-electron chi connectivity index (χ4n) is 2.87. The molecule has 1 heterocycles. The minimum atomic E-state index is -0.369. The molecule has 0 atom stereocenters. The zero-order valence-corrected chi connectivity index (χ0v) is 14.5. The number of aryl methyl sites for hydroxylation is 2. The Hall–Kier alpha value is -3.02. The number of nitrogens with one attached hydrogen (secondary N) is 1. The van der Waals surface area contributed by atoms with Crippen molar-refractivity contribution in [3.05, 3.63) is 81.7 Å². The van der Waals surface area contributed by atoms with E-state index in [4.69, 9.17) is 4.74 Å². The van der Waals surface area contributed by atoms with Gasteiger partial charge in [0.2, 0.25) is 5.88 Å². The third-order valence-corrected chi connectivity index (χ3v) is 4.33. The van der Waals surface area contributed by atoms with E-state index in [0.717, 1.165) is 24.2 Å². The van der Waals surface area contributed by atoms with E-state index in [1.54, 1.807) is 19.2 Å². The van der Waals surface area contributed by atoms with Gasteiger partial charge in [-0.2, -0.15) is 0 Å². The predicted octanol–water partition coefficient (Wildman–Crippen LogP) is 3.25. The van der Waals surface area contributed by atoms with Crippen molar-refractivity contribution in [3.63, 3.8) is 0 Å². The van der Waals surface area contributed by atoms with E-state index < -0.39 is 0 Å². The van der Waals surface area contributed by atoms with Gasteiger partial charge in [-0.25, -0.2) is 9.18 Å². The molecule has 26 heavy (non-hydrogen) atoms. The number of H-pyrrole nitrogens is 1. The summed E-state index contributed by atoms with van der Waals surface area (Å²) in [5.74, 6) is 0.418. The molecule has 0 spiro atoms. The minimum absolute atomic E-state index is 0.0611. The highest BCUT2D eigenvalue weighted by Gasteiger charge is 2.13. The Morgan fingerprint density at radius 2 is 1.69 bits per heavy atom. The van der Waals surface area contributed by atoms with Gasteiger partial charge in [0.25, 0.3) is 0 Å². The van der Waals surface area contributed by atoms with Gasteiger partial charge in [0.1, 0.15) is 11.6 Å². The molecule has 0 saturated carbocycles. The topological polar surface area (TPSA) is 67.2 Å². The van der Waals surface area contributed by atoms with E-state index in [1.807, 2.05) is 24.3 Å². The highest BCUT2D eigenvalue weighted by molar-refractivity contribution is 5.27. The summed E-state index contributed by atoms with van der Waals surface area (Å²) in [6.07, 6.45) is 2.18. The van der Waals surface area contributed by atoms with Crippen LogP contribution >= 0.6 is 0 Å². The molecule has 0 bridgehead atoms. The smallest absolute Gasteiger partial charge is 0.328 e. The van der Waals surface area contributed by atoms with Crippen molar-refractivity contribution in [2.24, 2.45) is 0 Å². The summed E-state index contributed by atoms with van der Waals surface area (Å²) in [5.41, 5.74) is 2.06. The molecular weight excluding hydrogens is 335 g/mol. The van der Waals surface area contributed by atoms with Gasteiger partial charge in [-0.15, -0.1) is 0 Å². The minimum Gasteiger partial charge on any atom is -0.497 e. The summed E-state index contributed by atoms with van der Waals surface area (Å²) in [4.78, 5) is 14.8. The first-order chi connectivity index (χ1) is 12.6. The first-order valence-corrected chi connectivity index (χ1v) is 8.45. The van der Waals surface area contributed by atoms with Crippen LogP contribution < -0.4 is 10.4 Å². The molecule has 136 valence electrons. The molecule has 0 radical (unpaired) electrons. The van der Waals surface area contributed by atoms with Crippen LogP contribution in [0.25, 0.3) is 0 Å². The predicted molar refractivity (Wildman–Crippen MR) is 97.2 cm³/mol. The summed E-state index contributed by atoms with van der Waals surface area (Å²) in [6.45, 7) is 0.194. The molecule has 3 aromatic rings. The van der Waals surface area contributed by atoms with E-state index in [9.17, 15) is 14.3 Å². The first kappa shape index (κ1) is 17.8. The second-order valence-electron chi connectivity index (χ2n) is 6.15. The van der Waals surface area contributed by atoms with Crippen LogP contribution in [-0.4, -0.2) is 21.8 Å². The van der Waals surface area contributed by atoms with Crippen LogP contribution in [-0.2, 0) is 19.4 Å². The molecule has 0 aliphatic rings. The Bertz CT molecular complexity index is 912. The molecule has 0 fully saturated rings. The quantitative estimate of drug-likeness (QED) is 0.683. The lowest BCUT2D eigenvalue weighted by molar-refractivity contribution is 0.414. The van der Waals surface area contributed by atoms with Crippen molar-refractivity contribution in [3.8, 4) is 11.6 Å². The van der Waals surface area contributed by atoms with Crippen molar-refractivity contribution in [1.82, 2.24) is 9.55 Å². The molecule has 0 aliphatic heterocycles. The number of nitrogens with zero attached hydrogens (tertiary/aromatic N) is 1. The average molecular weight is 356 g/mol. The molecule has 0 aliphatic carbocycles. The van der Waals surface area contributed by atoms with Crippen molar-refractivity contribution < 1.29 is 14.2 Å². The van der Waals surface area contributed by atoms with E-state index in [2.05, 4.69) is 4.98 Å². The molecule has 2 aromatic carbocycles. The maximum atomic E-state index is 13.0. The fourth-order valence-corrected chi connectivity index (χ4v) is 2.87. The molecular formula is C20H21FN2O3. The normalized spacial score (nSPS) is 10.8. The maximum absolute atomic E-state index is 13.0. The molecule has 5 nitrogen and oxygen atoms in total. The molecule has 2 N–H and O–H groups in total. The highest BCUT2D eigenvalue weighted by atomic mass is 19.1. The monoisotopic (exact) mass is 356 g/mol. The van der Waals surface area contributed by atoms with E-state index in [-0.39, 0.29) is 23.9 Å². The summed E-state index contributed by atoms with van der Waals surface area (Å²) in [5, 5.41) is 10.3. The van der Waals surface area contributed by atoms with Crippen molar-refractivity contribution >= 4 is 0 Å². The number of halogens is 1. The van der Waals surface area contributed by atoms with Gasteiger partial charge in [-0.05, 0) is 54.7 Å². The Morgan fingerprint density at radius 3 is 2.35 bits per heavy atom.